The summed E-state index contributed by atoms with van der Waals surface area (Å²) in [6, 6.07) is 5.96. The van der Waals surface area contributed by atoms with Gasteiger partial charge in [0.25, 0.3) is 0 Å². The topological polar surface area (TPSA) is 43.8 Å². The lowest BCUT2D eigenvalue weighted by Crippen LogP contribution is -2.28. The summed E-state index contributed by atoms with van der Waals surface area (Å²) in [5, 5.41) is 5.66. The Balaban J connectivity index is 2.87. The van der Waals surface area contributed by atoms with Crippen LogP contribution in [0.4, 0.5) is 0 Å². The molecule has 0 aliphatic heterocycles. The van der Waals surface area contributed by atoms with E-state index in [-0.39, 0.29) is 0 Å². The van der Waals surface area contributed by atoms with Gasteiger partial charge in [0.1, 0.15) is 0 Å². The van der Waals surface area contributed by atoms with Gasteiger partial charge in [0, 0.05) is 18.0 Å². The molecule has 2 aromatic rings. The fourth-order valence-corrected chi connectivity index (χ4v) is 2.11. The van der Waals surface area contributed by atoms with E-state index in [9.17, 15) is 0 Å². The Hall–Kier alpha value is -1.06. The quantitative estimate of drug-likeness (QED) is 0.807. The fourth-order valence-electron chi connectivity index (χ4n) is 1.80. The first-order valence-corrected chi connectivity index (χ1v) is 5.19. The van der Waals surface area contributed by atoms with Crippen LogP contribution >= 0.6 is 11.6 Å². The zero-order valence-electron chi connectivity index (χ0n) is 9.08. The molecule has 1 aromatic carbocycles. The molecule has 0 spiro atoms. The van der Waals surface area contributed by atoms with Crippen LogP contribution in [0.15, 0.2) is 18.2 Å². The molecular formula is C11H14ClN3. The smallest absolute Gasteiger partial charge is 0.159 e. The molecule has 4 heteroatoms. The number of halogens is 1. The highest BCUT2D eigenvalue weighted by Crippen LogP contribution is 2.31. The lowest BCUT2D eigenvalue weighted by molar-refractivity contribution is 0.559. The second kappa shape index (κ2) is 3.22. The van der Waals surface area contributed by atoms with Gasteiger partial charge in [0.15, 0.2) is 5.15 Å². The summed E-state index contributed by atoms with van der Waals surface area (Å²) >= 11 is 6.10. The number of aromatic nitrogens is 2. The molecule has 80 valence electrons. The van der Waals surface area contributed by atoms with Gasteiger partial charge in [-0.15, -0.1) is 0 Å². The molecule has 2 N–H and O–H groups in total. The minimum absolute atomic E-state index is 0.411. The molecule has 0 saturated heterocycles. The molecular weight excluding hydrogens is 210 g/mol. The summed E-state index contributed by atoms with van der Waals surface area (Å²) in [4.78, 5) is 0. The zero-order chi connectivity index (χ0) is 11.2. The Morgan fingerprint density at radius 2 is 2.07 bits per heavy atom. The van der Waals surface area contributed by atoms with Crippen molar-refractivity contribution in [1.29, 1.82) is 0 Å². The van der Waals surface area contributed by atoms with Crippen molar-refractivity contribution in [3.05, 3.63) is 28.9 Å². The van der Waals surface area contributed by atoms with Crippen LogP contribution < -0.4 is 5.73 Å². The van der Waals surface area contributed by atoms with Crippen molar-refractivity contribution in [1.82, 2.24) is 9.78 Å². The average Bonchev–Trinajstić information content (AvgIpc) is 2.41. The monoisotopic (exact) mass is 223 g/mol. The van der Waals surface area contributed by atoms with E-state index in [1.54, 1.807) is 4.68 Å². The minimum atomic E-state index is -0.411. The number of hydrogen-bond acceptors (Lipinski definition) is 2. The predicted octanol–water partition coefficient (Wildman–Crippen LogP) is 2.42. The highest BCUT2D eigenvalue weighted by atomic mass is 35.5. The third-order valence-corrected chi connectivity index (χ3v) is 2.79. The molecule has 0 unspecified atom stereocenters. The normalized spacial score (nSPS) is 12.3. The van der Waals surface area contributed by atoms with Crippen molar-refractivity contribution >= 4 is 22.5 Å². The molecule has 0 bridgehead atoms. The summed E-state index contributed by atoms with van der Waals surface area (Å²) in [6.07, 6.45) is 0. The summed E-state index contributed by atoms with van der Waals surface area (Å²) < 4.78 is 1.77. The lowest BCUT2D eigenvalue weighted by Gasteiger charge is -2.20. The first-order chi connectivity index (χ1) is 6.91. The molecule has 0 aliphatic rings. The minimum Gasteiger partial charge on any atom is -0.322 e. The Kier molecular flexibility index (Phi) is 2.24. The molecule has 3 nitrogen and oxygen atoms in total. The van der Waals surface area contributed by atoms with E-state index in [1.807, 2.05) is 39.1 Å². The number of aryl methyl sites for hydroxylation is 1. The lowest BCUT2D eigenvalue weighted by atomic mass is 9.93. The standard InChI is InChI=1S/C11H14ClN3/c1-11(2,13)7-5-4-6-8-9(7)10(12)14-15(8)3/h4-6H,13H2,1-3H3. The molecule has 0 radical (unpaired) electrons. The van der Waals surface area contributed by atoms with Crippen molar-refractivity contribution in [2.45, 2.75) is 19.4 Å². The molecule has 0 fully saturated rings. The second-order valence-electron chi connectivity index (χ2n) is 4.34. The molecule has 0 amide bonds. The number of hydrogen-bond donors (Lipinski definition) is 1. The second-order valence-corrected chi connectivity index (χ2v) is 4.69. The fraction of sp³-hybridized carbons (Fsp3) is 0.364. The van der Waals surface area contributed by atoms with E-state index in [0.717, 1.165) is 16.5 Å². The zero-order valence-corrected chi connectivity index (χ0v) is 9.84. The molecule has 1 heterocycles. The first kappa shape index (κ1) is 10.5. The number of nitrogens with zero attached hydrogens (tertiary/aromatic N) is 2. The first-order valence-electron chi connectivity index (χ1n) is 4.82. The van der Waals surface area contributed by atoms with E-state index in [2.05, 4.69) is 5.10 Å². The van der Waals surface area contributed by atoms with Crippen LogP contribution in [0, 0.1) is 0 Å². The van der Waals surface area contributed by atoms with Crippen LogP contribution in [0.25, 0.3) is 10.9 Å². The number of nitrogens with two attached hydrogens (primary N) is 1. The third-order valence-electron chi connectivity index (χ3n) is 2.53. The molecule has 0 atom stereocenters. The maximum atomic E-state index is 6.11. The van der Waals surface area contributed by atoms with Crippen LogP contribution in [0.3, 0.4) is 0 Å². The summed E-state index contributed by atoms with van der Waals surface area (Å²) in [6.45, 7) is 3.93. The largest absolute Gasteiger partial charge is 0.322 e. The van der Waals surface area contributed by atoms with Crippen LogP contribution in [-0.4, -0.2) is 9.78 Å². The van der Waals surface area contributed by atoms with E-state index in [0.29, 0.717) is 5.15 Å². The van der Waals surface area contributed by atoms with Crippen molar-refractivity contribution in [2.75, 3.05) is 0 Å². The van der Waals surface area contributed by atoms with Gasteiger partial charge < -0.3 is 5.73 Å². The molecule has 1 aromatic heterocycles. The van der Waals surface area contributed by atoms with Gasteiger partial charge in [-0.3, -0.25) is 4.68 Å². The summed E-state index contributed by atoms with van der Waals surface area (Å²) in [5.41, 5.74) is 7.73. The molecule has 0 saturated carbocycles. The van der Waals surface area contributed by atoms with Gasteiger partial charge in [0.2, 0.25) is 0 Å². The number of fused-ring (bicyclic) bond motifs is 1. The van der Waals surface area contributed by atoms with Crippen molar-refractivity contribution in [3.8, 4) is 0 Å². The Morgan fingerprint density at radius 3 is 2.67 bits per heavy atom. The van der Waals surface area contributed by atoms with E-state index >= 15 is 0 Å². The Labute approximate surface area is 93.8 Å². The van der Waals surface area contributed by atoms with Gasteiger partial charge in [-0.25, -0.2) is 0 Å². The van der Waals surface area contributed by atoms with E-state index in [1.165, 1.54) is 0 Å². The Morgan fingerprint density at radius 1 is 1.40 bits per heavy atom. The SMILES string of the molecule is Cn1nc(Cl)c2c(C(C)(C)N)cccc21. The number of benzene rings is 1. The number of rotatable bonds is 1. The van der Waals surface area contributed by atoms with Crippen molar-refractivity contribution < 1.29 is 0 Å². The van der Waals surface area contributed by atoms with Gasteiger partial charge >= 0.3 is 0 Å². The maximum Gasteiger partial charge on any atom is 0.159 e. The van der Waals surface area contributed by atoms with Crippen LogP contribution in [-0.2, 0) is 12.6 Å². The van der Waals surface area contributed by atoms with Crippen LogP contribution in [0.1, 0.15) is 19.4 Å². The van der Waals surface area contributed by atoms with E-state index in [4.69, 9.17) is 17.3 Å². The molecule has 0 aliphatic carbocycles. The predicted molar refractivity (Wildman–Crippen MR) is 62.9 cm³/mol. The van der Waals surface area contributed by atoms with E-state index < -0.39 is 5.54 Å². The van der Waals surface area contributed by atoms with Gasteiger partial charge in [-0.2, -0.15) is 5.10 Å². The van der Waals surface area contributed by atoms with Gasteiger partial charge in [-0.1, -0.05) is 23.7 Å². The van der Waals surface area contributed by atoms with Crippen LogP contribution in [0.5, 0.6) is 0 Å². The van der Waals surface area contributed by atoms with Gasteiger partial charge in [-0.05, 0) is 25.5 Å². The molecule has 15 heavy (non-hydrogen) atoms. The Bertz CT molecular complexity index is 508. The van der Waals surface area contributed by atoms with Crippen molar-refractivity contribution in [2.24, 2.45) is 12.8 Å². The van der Waals surface area contributed by atoms with Crippen LogP contribution in [0.2, 0.25) is 5.15 Å². The average molecular weight is 224 g/mol. The van der Waals surface area contributed by atoms with Crippen molar-refractivity contribution in [3.63, 3.8) is 0 Å². The molecule has 2 rings (SSSR count). The third kappa shape index (κ3) is 1.62. The summed E-state index contributed by atoms with van der Waals surface area (Å²) in [7, 11) is 1.88. The summed E-state index contributed by atoms with van der Waals surface area (Å²) in [5.74, 6) is 0. The maximum absolute atomic E-state index is 6.11. The highest BCUT2D eigenvalue weighted by Gasteiger charge is 2.20. The highest BCUT2D eigenvalue weighted by molar-refractivity contribution is 6.34. The van der Waals surface area contributed by atoms with Gasteiger partial charge in [0.05, 0.1) is 5.52 Å².